The molecule has 4 nitrogen and oxygen atoms in total. The quantitative estimate of drug-likeness (QED) is 0.420. The van der Waals surface area contributed by atoms with E-state index in [1.807, 2.05) is 13.0 Å². The SMILES string of the molecule is CCOC(=O)/C=C/CNCC1CCN(C2CC2)C1. The van der Waals surface area contributed by atoms with E-state index in [0.717, 1.165) is 25.0 Å². The third-order valence-corrected chi connectivity index (χ3v) is 3.62. The third-order valence-electron chi connectivity index (χ3n) is 3.62. The molecule has 1 aliphatic heterocycles. The summed E-state index contributed by atoms with van der Waals surface area (Å²) in [5, 5.41) is 3.38. The van der Waals surface area contributed by atoms with Gasteiger partial charge in [-0.3, -0.25) is 0 Å². The Morgan fingerprint density at radius 3 is 3.00 bits per heavy atom. The second kappa shape index (κ2) is 6.90. The number of hydrogen-bond donors (Lipinski definition) is 1. The van der Waals surface area contributed by atoms with Crippen molar-refractivity contribution in [3.63, 3.8) is 0 Å². The van der Waals surface area contributed by atoms with Crippen LogP contribution in [0.2, 0.25) is 0 Å². The topological polar surface area (TPSA) is 41.6 Å². The van der Waals surface area contributed by atoms with E-state index in [1.54, 1.807) is 0 Å². The summed E-state index contributed by atoms with van der Waals surface area (Å²) in [7, 11) is 0. The van der Waals surface area contributed by atoms with Gasteiger partial charge < -0.3 is 15.0 Å². The van der Waals surface area contributed by atoms with Crippen LogP contribution in [-0.2, 0) is 9.53 Å². The molecule has 1 unspecified atom stereocenters. The Morgan fingerprint density at radius 2 is 2.28 bits per heavy atom. The van der Waals surface area contributed by atoms with Gasteiger partial charge in [-0.25, -0.2) is 4.79 Å². The molecule has 1 saturated carbocycles. The van der Waals surface area contributed by atoms with Crippen LogP contribution in [0.4, 0.5) is 0 Å². The normalized spacial score (nSPS) is 24.8. The molecule has 1 N–H and O–H groups in total. The van der Waals surface area contributed by atoms with Gasteiger partial charge in [-0.1, -0.05) is 6.08 Å². The third kappa shape index (κ3) is 4.42. The number of esters is 1. The van der Waals surface area contributed by atoms with Crippen LogP contribution in [0.1, 0.15) is 26.2 Å². The fourth-order valence-electron chi connectivity index (χ4n) is 2.52. The van der Waals surface area contributed by atoms with E-state index in [2.05, 4.69) is 10.2 Å². The number of likely N-dealkylation sites (tertiary alicyclic amines) is 1. The van der Waals surface area contributed by atoms with E-state index in [-0.39, 0.29) is 5.97 Å². The van der Waals surface area contributed by atoms with Gasteiger partial charge in [0.05, 0.1) is 6.61 Å². The fraction of sp³-hybridized carbons (Fsp3) is 0.786. The maximum Gasteiger partial charge on any atom is 0.330 e. The molecule has 1 heterocycles. The van der Waals surface area contributed by atoms with E-state index >= 15 is 0 Å². The van der Waals surface area contributed by atoms with Crippen LogP contribution >= 0.6 is 0 Å². The summed E-state index contributed by atoms with van der Waals surface area (Å²) in [6.07, 6.45) is 7.46. The Labute approximate surface area is 109 Å². The lowest BCUT2D eigenvalue weighted by Gasteiger charge is -2.14. The first-order chi connectivity index (χ1) is 8.79. The lowest BCUT2D eigenvalue weighted by atomic mass is 10.1. The molecule has 1 saturated heterocycles. The molecular formula is C14H24N2O2. The summed E-state index contributed by atoms with van der Waals surface area (Å²) in [6.45, 7) is 6.58. The lowest BCUT2D eigenvalue weighted by molar-refractivity contribution is -0.137. The van der Waals surface area contributed by atoms with Gasteiger partial charge in [0, 0.05) is 25.2 Å². The van der Waals surface area contributed by atoms with Crippen LogP contribution < -0.4 is 5.32 Å². The molecule has 1 atom stereocenters. The van der Waals surface area contributed by atoms with Crippen LogP contribution in [0, 0.1) is 5.92 Å². The second-order valence-corrected chi connectivity index (χ2v) is 5.19. The van der Waals surface area contributed by atoms with Gasteiger partial charge >= 0.3 is 5.97 Å². The van der Waals surface area contributed by atoms with Crippen LogP contribution in [-0.4, -0.2) is 49.7 Å². The first-order valence-corrected chi connectivity index (χ1v) is 7.07. The minimum Gasteiger partial charge on any atom is -0.463 e. The standard InChI is InChI=1S/C14H24N2O2/c1-2-18-14(17)4-3-8-15-10-12-7-9-16(11-12)13-5-6-13/h3-4,12-13,15H,2,5-11H2,1H3/b4-3+. The molecule has 2 fully saturated rings. The molecule has 0 aromatic rings. The van der Waals surface area contributed by atoms with Crippen molar-refractivity contribution in [2.24, 2.45) is 5.92 Å². The summed E-state index contributed by atoms with van der Waals surface area (Å²) in [5.74, 6) is 0.529. The summed E-state index contributed by atoms with van der Waals surface area (Å²) in [5.41, 5.74) is 0. The van der Waals surface area contributed by atoms with Crippen LogP contribution in [0.15, 0.2) is 12.2 Å². The maximum absolute atomic E-state index is 11.0. The molecule has 2 aliphatic rings. The highest BCUT2D eigenvalue weighted by Crippen LogP contribution is 2.31. The zero-order valence-corrected chi connectivity index (χ0v) is 11.2. The van der Waals surface area contributed by atoms with Crippen molar-refractivity contribution in [1.82, 2.24) is 10.2 Å². The summed E-state index contributed by atoms with van der Waals surface area (Å²) in [6, 6.07) is 0.902. The number of nitrogens with one attached hydrogen (secondary N) is 1. The minimum atomic E-state index is -0.250. The van der Waals surface area contributed by atoms with E-state index < -0.39 is 0 Å². The summed E-state index contributed by atoms with van der Waals surface area (Å²) < 4.78 is 4.81. The number of carbonyl (C=O) groups is 1. The zero-order chi connectivity index (χ0) is 12.8. The predicted molar refractivity (Wildman–Crippen MR) is 71.3 cm³/mol. The van der Waals surface area contributed by atoms with Crippen LogP contribution in [0.5, 0.6) is 0 Å². The monoisotopic (exact) mass is 252 g/mol. The van der Waals surface area contributed by atoms with Gasteiger partial charge in [0.25, 0.3) is 0 Å². The predicted octanol–water partition coefficient (Wildman–Crippen LogP) is 1.18. The molecule has 1 aliphatic carbocycles. The van der Waals surface area contributed by atoms with Crippen molar-refractivity contribution in [2.45, 2.75) is 32.2 Å². The van der Waals surface area contributed by atoms with Gasteiger partial charge in [0.1, 0.15) is 0 Å². The highest BCUT2D eigenvalue weighted by atomic mass is 16.5. The van der Waals surface area contributed by atoms with Gasteiger partial charge in [0.2, 0.25) is 0 Å². The average Bonchev–Trinajstić information content (AvgIpc) is 3.10. The van der Waals surface area contributed by atoms with Crippen molar-refractivity contribution in [2.75, 3.05) is 32.8 Å². The van der Waals surface area contributed by atoms with Crippen LogP contribution in [0.3, 0.4) is 0 Å². The first-order valence-electron chi connectivity index (χ1n) is 7.07. The van der Waals surface area contributed by atoms with E-state index in [1.165, 1.54) is 38.4 Å². The Morgan fingerprint density at radius 1 is 1.44 bits per heavy atom. The fourth-order valence-corrected chi connectivity index (χ4v) is 2.52. The summed E-state index contributed by atoms with van der Waals surface area (Å²) >= 11 is 0. The molecule has 18 heavy (non-hydrogen) atoms. The Kier molecular flexibility index (Phi) is 5.20. The van der Waals surface area contributed by atoms with Crippen molar-refractivity contribution in [3.8, 4) is 0 Å². The van der Waals surface area contributed by atoms with E-state index in [9.17, 15) is 4.79 Å². The minimum absolute atomic E-state index is 0.250. The zero-order valence-electron chi connectivity index (χ0n) is 11.2. The average molecular weight is 252 g/mol. The molecule has 0 amide bonds. The highest BCUT2D eigenvalue weighted by molar-refractivity contribution is 5.81. The van der Waals surface area contributed by atoms with E-state index in [0.29, 0.717) is 6.61 Å². The Bertz CT molecular complexity index is 300. The van der Waals surface area contributed by atoms with Crippen molar-refractivity contribution < 1.29 is 9.53 Å². The number of carbonyl (C=O) groups excluding carboxylic acids is 1. The van der Waals surface area contributed by atoms with Gasteiger partial charge in [-0.2, -0.15) is 0 Å². The van der Waals surface area contributed by atoms with Gasteiger partial charge in [-0.05, 0) is 45.2 Å². The molecule has 0 aromatic heterocycles. The molecule has 102 valence electrons. The Balaban J connectivity index is 1.52. The maximum atomic E-state index is 11.0. The molecule has 4 heteroatoms. The second-order valence-electron chi connectivity index (χ2n) is 5.19. The molecule has 0 spiro atoms. The lowest BCUT2D eigenvalue weighted by Crippen LogP contribution is -2.27. The first kappa shape index (κ1) is 13.6. The molecular weight excluding hydrogens is 228 g/mol. The van der Waals surface area contributed by atoms with Crippen molar-refractivity contribution >= 4 is 5.97 Å². The number of nitrogens with zero attached hydrogens (tertiary/aromatic N) is 1. The van der Waals surface area contributed by atoms with Gasteiger partial charge in [-0.15, -0.1) is 0 Å². The molecule has 0 bridgehead atoms. The largest absolute Gasteiger partial charge is 0.463 e. The highest BCUT2D eigenvalue weighted by Gasteiger charge is 2.33. The molecule has 2 rings (SSSR count). The van der Waals surface area contributed by atoms with Crippen LogP contribution in [0.25, 0.3) is 0 Å². The molecule has 0 aromatic carbocycles. The number of hydrogen-bond acceptors (Lipinski definition) is 4. The smallest absolute Gasteiger partial charge is 0.330 e. The van der Waals surface area contributed by atoms with E-state index in [4.69, 9.17) is 4.74 Å². The number of rotatable bonds is 7. The van der Waals surface area contributed by atoms with Crippen molar-refractivity contribution in [3.05, 3.63) is 12.2 Å². The van der Waals surface area contributed by atoms with Gasteiger partial charge in [0.15, 0.2) is 0 Å². The Hall–Kier alpha value is -0.870. The van der Waals surface area contributed by atoms with Crippen molar-refractivity contribution in [1.29, 1.82) is 0 Å². The molecule has 0 radical (unpaired) electrons. The summed E-state index contributed by atoms with van der Waals surface area (Å²) in [4.78, 5) is 13.7. The number of ether oxygens (including phenoxy) is 1.